The van der Waals surface area contributed by atoms with Crippen LogP contribution in [0.3, 0.4) is 0 Å². The van der Waals surface area contributed by atoms with E-state index in [-0.39, 0.29) is 6.61 Å². The summed E-state index contributed by atoms with van der Waals surface area (Å²) in [4.78, 5) is 0. The van der Waals surface area contributed by atoms with Crippen LogP contribution in [0.15, 0.2) is 24.3 Å². The van der Waals surface area contributed by atoms with Gasteiger partial charge in [-0.2, -0.15) is 0 Å². The van der Waals surface area contributed by atoms with Gasteiger partial charge in [-0.25, -0.2) is 0 Å². The van der Waals surface area contributed by atoms with Gasteiger partial charge < -0.3 is 29.9 Å². The van der Waals surface area contributed by atoms with E-state index >= 15 is 0 Å². The Hall–Kier alpha value is -1.26. The van der Waals surface area contributed by atoms with E-state index in [9.17, 15) is 20.5 Å². The highest BCUT2D eigenvalue weighted by atomic mass is 16.7. The summed E-state index contributed by atoms with van der Waals surface area (Å²) in [7, 11) is 1.53. The summed E-state index contributed by atoms with van der Waals surface area (Å²) in [5, 5.41) is 48.6. The first kappa shape index (κ1) is 18.1. The van der Waals surface area contributed by atoms with Gasteiger partial charge in [-0.05, 0) is 24.1 Å². The molecule has 23 heavy (non-hydrogen) atoms. The largest absolute Gasteiger partial charge is 0.394 e. The molecule has 5 atom stereocenters. The van der Waals surface area contributed by atoms with Crippen molar-refractivity contribution in [3.63, 3.8) is 0 Å². The Kier molecular flexibility index (Phi) is 6.31. The van der Waals surface area contributed by atoms with Gasteiger partial charge in [-0.1, -0.05) is 12.1 Å². The first-order valence-electron chi connectivity index (χ1n) is 7.37. The van der Waals surface area contributed by atoms with Crippen LogP contribution >= 0.6 is 0 Å². The van der Waals surface area contributed by atoms with Gasteiger partial charge >= 0.3 is 0 Å². The second kappa shape index (κ2) is 8.02. The van der Waals surface area contributed by atoms with E-state index < -0.39 is 37.3 Å². The first-order chi connectivity index (χ1) is 10.9. The van der Waals surface area contributed by atoms with Crippen molar-refractivity contribution in [1.29, 1.82) is 0 Å². The van der Waals surface area contributed by atoms with Crippen molar-refractivity contribution in [2.45, 2.75) is 37.1 Å². The van der Waals surface area contributed by atoms with Gasteiger partial charge in [-0.3, -0.25) is 10.3 Å². The average Bonchev–Trinajstić information content (AvgIpc) is 2.55. The molecule has 1 saturated heterocycles. The average molecular weight is 329 g/mol. The molecule has 1 aliphatic rings. The number of rotatable bonds is 6. The lowest BCUT2D eigenvalue weighted by atomic mass is 9.99. The first-order valence-corrected chi connectivity index (χ1v) is 7.37. The molecule has 0 radical (unpaired) electrons. The van der Waals surface area contributed by atoms with Gasteiger partial charge in [0, 0.05) is 7.05 Å². The topological polar surface area (TPSA) is 123 Å². The number of aliphatic hydroxyl groups excluding tert-OH is 4. The maximum atomic E-state index is 9.84. The molecular formula is C15H23NO7. The molecule has 0 aliphatic carbocycles. The van der Waals surface area contributed by atoms with Crippen molar-refractivity contribution in [2.24, 2.45) is 0 Å². The predicted octanol–water partition coefficient (Wildman–Crippen LogP) is -1.13. The van der Waals surface area contributed by atoms with E-state index in [0.29, 0.717) is 12.1 Å². The number of anilines is 1. The maximum Gasteiger partial charge on any atom is 0.186 e. The monoisotopic (exact) mass is 329 g/mol. The molecule has 1 fully saturated rings. The molecule has 0 amide bonds. The van der Waals surface area contributed by atoms with Crippen LogP contribution in [0.4, 0.5) is 5.69 Å². The molecule has 1 heterocycles. The number of hydrogen-bond donors (Lipinski definition) is 5. The van der Waals surface area contributed by atoms with Gasteiger partial charge in [-0.15, -0.1) is 0 Å². The van der Waals surface area contributed by atoms with E-state index in [2.05, 4.69) is 0 Å². The third-order valence-corrected chi connectivity index (χ3v) is 3.83. The lowest BCUT2D eigenvalue weighted by Crippen LogP contribution is -2.59. The third kappa shape index (κ3) is 4.39. The molecule has 0 bridgehead atoms. The quantitative estimate of drug-likeness (QED) is 0.416. The van der Waals surface area contributed by atoms with Crippen LogP contribution in [-0.4, -0.2) is 76.6 Å². The van der Waals surface area contributed by atoms with Crippen LogP contribution in [0, 0.1) is 0 Å². The molecule has 2 rings (SSSR count). The number of benzene rings is 1. The SMILES string of the molecule is CN(O)c1ccc(CCO[C@@H]2O[C@H](CO)[C@@H](O)[C@H](O)[C@H]2O)cc1. The normalized spacial score (nSPS) is 31.1. The number of nitrogens with zero attached hydrogens (tertiary/aromatic N) is 1. The van der Waals surface area contributed by atoms with Crippen molar-refractivity contribution in [3.05, 3.63) is 29.8 Å². The fraction of sp³-hybridized carbons (Fsp3) is 0.600. The van der Waals surface area contributed by atoms with Crippen LogP contribution in [-0.2, 0) is 15.9 Å². The Bertz CT molecular complexity index is 479. The zero-order valence-electron chi connectivity index (χ0n) is 12.8. The van der Waals surface area contributed by atoms with Gasteiger partial charge in [0.05, 0.1) is 18.9 Å². The molecule has 130 valence electrons. The van der Waals surface area contributed by atoms with E-state index in [1.54, 1.807) is 12.1 Å². The second-order valence-electron chi connectivity index (χ2n) is 5.51. The zero-order chi connectivity index (χ0) is 17.0. The van der Waals surface area contributed by atoms with Crippen molar-refractivity contribution >= 4 is 5.69 Å². The van der Waals surface area contributed by atoms with E-state index in [4.69, 9.17) is 14.6 Å². The highest BCUT2D eigenvalue weighted by Crippen LogP contribution is 2.22. The lowest BCUT2D eigenvalue weighted by Gasteiger charge is -2.39. The van der Waals surface area contributed by atoms with Crippen LogP contribution in [0.1, 0.15) is 5.56 Å². The minimum absolute atomic E-state index is 0.219. The van der Waals surface area contributed by atoms with Crippen molar-refractivity contribution in [2.75, 3.05) is 25.3 Å². The molecule has 1 aromatic carbocycles. The number of hydroxylamine groups is 1. The minimum Gasteiger partial charge on any atom is -0.394 e. The standard InChI is InChI=1S/C15H23NO7/c1-16(21)10-4-2-9(3-5-10)6-7-22-15-14(20)13(19)12(18)11(8-17)23-15/h2-5,11-15,17-21H,6-8H2,1H3/t11-,12-,13+,14-,15-/m1/s1. The number of ether oxygens (including phenoxy) is 2. The van der Waals surface area contributed by atoms with Gasteiger partial charge in [0.15, 0.2) is 6.29 Å². The Morgan fingerprint density at radius 2 is 1.74 bits per heavy atom. The fourth-order valence-electron chi connectivity index (χ4n) is 2.38. The highest BCUT2D eigenvalue weighted by Gasteiger charge is 2.43. The predicted molar refractivity (Wildman–Crippen MR) is 80.1 cm³/mol. The zero-order valence-corrected chi connectivity index (χ0v) is 12.8. The second-order valence-corrected chi connectivity index (χ2v) is 5.51. The van der Waals surface area contributed by atoms with Gasteiger partial charge in [0.2, 0.25) is 0 Å². The van der Waals surface area contributed by atoms with Crippen molar-refractivity contribution in [1.82, 2.24) is 0 Å². The molecule has 8 nitrogen and oxygen atoms in total. The van der Waals surface area contributed by atoms with E-state index in [0.717, 1.165) is 10.6 Å². The van der Waals surface area contributed by atoms with Gasteiger partial charge in [0.1, 0.15) is 24.4 Å². The molecular weight excluding hydrogens is 306 g/mol. The smallest absolute Gasteiger partial charge is 0.186 e. The summed E-state index contributed by atoms with van der Waals surface area (Å²) in [5.41, 5.74) is 1.61. The molecule has 5 N–H and O–H groups in total. The molecule has 0 unspecified atom stereocenters. The van der Waals surface area contributed by atoms with Crippen molar-refractivity contribution in [3.8, 4) is 0 Å². The Labute approximate surface area is 134 Å². The van der Waals surface area contributed by atoms with Crippen LogP contribution in [0.25, 0.3) is 0 Å². The third-order valence-electron chi connectivity index (χ3n) is 3.83. The van der Waals surface area contributed by atoms with Gasteiger partial charge in [0.25, 0.3) is 0 Å². The molecule has 1 aliphatic heterocycles. The summed E-state index contributed by atoms with van der Waals surface area (Å²) < 4.78 is 10.7. The summed E-state index contributed by atoms with van der Waals surface area (Å²) in [6.07, 6.45) is -5.78. The molecule has 8 heteroatoms. The summed E-state index contributed by atoms with van der Waals surface area (Å²) in [6.45, 7) is -0.266. The molecule has 0 saturated carbocycles. The molecule has 1 aromatic rings. The Morgan fingerprint density at radius 1 is 1.09 bits per heavy atom. The lowest BCUT2D eigenvalue weighted by molar-refractivity contribution is -0.300. The summed E-state index contributed by atoms with van der Waals surface area (Å²) in [5.74, 6) is 0. The van der Waals surface area contributed by atoms with Crippen LogP contribution < -0.4 is 5.06 Å². The highest BCUT2D eigenvalue weighted by molar-refractivity contribution is 5.44. The molecule has 0 aromatic heterocycles. The summed E-state index contributed by atoms with van der Waals surface area (Å²) >= 11 is 0. The number of aliphatic hydroxyl groups is 4. The summed E-state index contributed by atoms with van der Waals surface area (Å²) in [6, 6.07) is 7.17. The van der Waals surface area contributed by atoms with Crippen molar-refractivity contribution < 1.29 is 35.1 Å². The van der Waals surface area contributed by atoms with E-state index in [1.165, 1.54) is 7.05 Å². The number of hydrogen-bond acceptors (Lipinski definition) is 8. The Balaban J connectivity index is 1.85. The van der Waals surface area contributed by atoms with Crippen LogP contribution in [0.5, 0.6) is 0 Å². The van der Waals surface area contributed by atoms with E-state index in [1.807, 2.05) is 12.1 Å². The van der Waals surface area contributed by atoms with Crippen LogP contribution in [0.2, 0.25) is 0 Å². The molecule has 0 spiro atoms. The minimum atomic E-state index is -1.44. The maximum absolute atomic E-state index is 9.84. The Morgan fingerprint density at radius 3 is 2.30 bits per heavy atom. The fourth-order valence-corrected chi connectivity index (χ4v) is 2.38.